The third-order valence-corrected chi connectivity index (χ3v) is 6.55. The van der Waals surface area contributed by atoms with Gasteiger partial charge in [0.25, 0.3) is 0 Å². The lowest BCUT2D eigenvalue weighted by molar-refractivity contribution is -0.143. The Hall–Kier alpha value is -3.25. The van der Waals surface area contributed by atoms with E-state index in [9.17, 15) is 14.7 Å². The van der Waals surface area contributed by atoms with E-state index in [2.05, 4.69) is 5.32 Å². The molecule has 0 bridgehead atoms. The summed E-state index contributed by atoms with van der Waals surface area (Å²) < 4.78 is 10.8. The summed E-state index contributed by atoms with van der Waals surface area (Å²) in [6.07, 6.45) is 0.635. The molecule has 2 aromatic rings. The number of methoxy groups -OCH3 is 1. The number of Topliss-reactive ketones (excluding diaryl/α,β-unsaturated/α-hetero) is 1. The van der Waals surface area contributed by atoms with Gasteiger partial charge < -0.3 is 19.9 Å². The minimum atomic E-state index is -0.696. The number of carbonyl (C=O) groups excluding carboxylic acids is 2. The van der Waals surface area contributed by atoms with Crippen LogP contribution in [0.4, 0.5) is 0 Å². The number of aromatic hydroxyl groups is 1. The Morgan fingerprint density at radius 2 is 1.85 bits per heavy atom. The van der Waals surface area contributed by atoms with Crippen LogP contribution in [0.25, 0.3) is 0 Å². The summed E-state index contributed by atoms with van der Waals surface area (Å²) in [4.78, 5) is 26.8. The predicted molar refractivity (Wildman–Crippen MR) is 130 cm³/mol. The van der Waals surface area contributed by atoms with E-state index in [1.807, 2.05) is 37.3 Å². The van der Waals surface area contributed by atoms with E-state index >= 15 is 0 Å². The number of ketones is 1. The van der Waals surface area contributed by atoms with Crippen molar-refractivity contribution in [3.8, 4) is 11.5 Å². The van der Waals surface area contributed by atoms with Crippen molar-refractivity contribution in [2.24, 2.45) is 0 Å². The lowest BCUT2D eigenvalue weighted by Gasteiger charge is -2.37. The summed E-state index contributed by atoms with van der Waals surface area (Å²) in [5, 5.41) is 13.7. The molecule has 2 atom stereocenters. The van der Waals surface area contributed by atoms with Gasteiger partial charge in [-0.25, -0.2) is 4.79 Å². The van der Waals surface area contributed by atoms with Crippen molar-refractivity contribution >= 4 is 23.4 Å². The van der Waals surface area contributed by atoms with Crippen molar-refractivity contribution in [1.29, 1.82) is 0 Å². The minimum Gasteiger partial charge on any atom is -0.503 e. The molecule has 7 heteroatoms. The van der Waals surface area contributed by atoms with Crippen LogP contribution in [-0.4, -0.2) is 30.1 Å². The molecule has 1 aliphatic carbocycles. The molecule has 0 saturated heterocycles. The van der Waals surface area contributed by atoms with Crippen LogP contribution in [0.5, 0.6) is 11.5 Å². The number of halogens is 1. The van der Waals surface area contributed by atoms with Gasteiger partial charge in [0.05, 0.1) is 23.8 Å². The second-order valence-corrected chi connectivity index (χ2v) is 9.34. The number of ether oxygens (including phenoxy) is 2. The number of benzene rings is 2. The molecule has 1 aliphatic heterocycles. The summed E-state index contributed by atoms with van der Waals surface area (Å²) in [5.74, 6) is -1.23. The predicted octanol–water partition coefficient (Wildman–Crippen LogP) is 5.37. The van der Waals surface area contributed by atoms with Crippen LogP contribution in [0.15, 0.2) is 65.0 Å². The Kier molecular flexibility index (Phi) is 6.71. The van der Waals surface area contributed by atoms with E-state index < -0.39 is 11.9 Å². The van der Waals surface area contributed by atoms with Gasteiger partial charge in [0.1, 0.15) is 0 Å². The highest BCUT2D eigenvalue weighted by Gasteiger charge is 2.42. The minimum absolute atomic E-state index is 0.0375. The fourth-order valence-corrected chi connectivity index (χ4v) is 5.02. The first-order chi connectivity index (χ1) is 16.2. The molecule has 34 heavy (non-hydrogen) atoms. The zero-order valence-corrected chi connectivity index (χ0v) is 20.4. The molecule has 0 unspecified atom stereocenters. The molecule has 2 aliphatic rings. The molecule has 178 valence electrons. The van der Waals surface area contributed by atoms with Crippen LogP contribution in [-0.2, 0) is 14.3 Å². The number of phenols is 1. The van der Waals surface area contributed by atoms with Crippen molar-refractivity contribution in [1.82, 2.24) is 5.32 Å². The molecule has 0 saturated carbocycles. The lowest BCUT2D eigenvalue weighted by atomic mass is 9.71. The second-order valence-electron chi connectivity index (χ2n) is 8.94. The number of dihydropyridines is 1. The van der Waals surface area contributed by atoms with Crippen molar-refractivity contribution in [2.45, 2.75) is 51.6 Å². The van der Waals surface area contributed by atoms with Gasteiger partial charge in [-0.2, -0.15) is 0 Å². The smallest absolute Gasteiger partial charge is 0.337 e. The summed E-state index contributed by atoms with van der Waals surface area (Å²) in [7, 11) is 1.42. The monoisotopic (exact) mass is 481 g/mol. The maximum atomic E-state index is 13.6. The maximum absolute atomic E-state index is 13.6. The topological polar surface area (TPSA) is 84.9 Å². The molecule has 6 nitrogen and oxygen atoms in total. The molecular formula is C27H28ClNO5. The summed E-state index contributed by atoms with van der Waals surface area (Å²) in [5.41, 5.74) is 3.97. The van der Waals surface area contributed by atoms with Crippen LogP contribution >= 0.6 is 11.6 Å². The summed E-state index contributed by atoms with van der Waals surface area (Å²) >= 11 is 6.30. The second kappa shape index (κ2) is 9.55. The van der Waals surface area contributed by atoms with Crippen LogP contribution in [0.1, 0.15) is 56.6 Å². The fraction of sp³-hybridized carbons (Fsp3) is 0.333. The Morgan fingerprint density at radius 3 is 2.50 bits per heavy atom. The molecule has 4 rings (SSSR count). The van der Waals surface area contributed by atoms with E-state index in [0.29, 0.717) is 35.2 Å². The van der Waals surface area contributed by atoms with E-state index in [4.69, 9.17) is 21.1 Å². The van der Waals surface area contributed by atoms with Gasteiger partial charge in [0, 0.05) is 29.3 Å². The molecular weight excluding hydrogens is 454 g/mol. The quantitative estimate of drug-likeness (QED) is 0.559. The Morgan fingerprint density at radius 1 is 1.15 bits per heavy atom. The van der Waals surface area contributed by atoms with Gasteiger partial charge in [-0.15, -0.1) is 0 Å². The van der Waals surface area contributed by atoms with E-state index in [1.165, 1.54) is 7.11 Å². The van der Waals surface area contributed by atoms with Crippen LogP contribution in [0, 0.1) is 0 Å². The SMILES string of the molecule is COc1cc([C@@H]2C(C(=O)OC(C)C)=C(C)NC3=C2C(=O)C[C@@H](c2ccccc2)C3)cc(Cl)c1O. The highest BCUT2D eigenvalue weighted by Crippen LogP contribution is 2.48. The van der Waals surface area contributed by atoms with Crippen molar-refractivity contribution in [3.05, 3.63) is 81.2 Å². The number of phenolic OH excluding ortho intramolecular Hbond substituents is 1. The normalized spacial score (nSPS) is 20.2. The van der Waals surface area contributed by atoms with E-state index in [0.717, 1.165) is 11.3 Å². The van der Waals surface area contributed by atoms with Crippen LogP contribution in [0.3, 0.4) is 0 Å². The number of nitrogens with one attached hydrogen (secondary N) is 1. The zero-order valence-electron chi connectivity index (χ0n) is 19.6. The molecule has 0 spiro atoms. The van der Waals surface area contributed by atoms with Gasteiger partial charge in [-0.05, 0) is 56.4 Å². The van der Waals surface area contributed by atoms with Gasteiger partial charge >= 0.3 is 5.97 Å². The Labute approximate surface area is 204 Å². The van der Waals surface area contributed by atoms with Gasteiger partial charge in [0.2, 0.25) is 0 Å². The molecule has 0 radical (unpaired) electrons. The third kappa shape index (κ3) is 4.42. The first-order valence-corrected chi connectivity index (χ1v) is 11.6. The maximum Gasteiger partial charge on any atom is 0.337 e. The fourth-order valence-electron chi connectivity index (χ4n) is 4.80. The first-order valence-electron chi connectivity index (χ1n) is 11.3. The van der Waals surface area contributed by atoms with Crippen LogP contribution < -0.4 is 10.1 Å². The first kappa shape index (κ1) is 23.9. The average molecular weight is 482 g/mol. The largest absolute Gasteiger partial charge is 0.503 e. The number of hydrogen-bond acceptors (Lipinski definition) is 6. The Balaban J connectivity index is 1.86. The molecule has 2 N–H and O–H groups in total. The van der Waals surface area contributed by atoms with Crippen LogP contribution in [0.2, 0.25) is 5.02 Å². The summed E-state index contributed by atoms with van der Waals surface area (Å²) in [6.45, 7) is 5.37. The van der Waals surface area contributed by atoms with E-state index in [-0.39, 0.29) is 34.3 Å². The standard InChI is InChI=1S/C27H28ClNO5/c1-14(2)34-27(32)23-15(3)29-20-11-17(16-8-6-5-7-9-16)12-21(30)25(20)24(23)18-10-19(28)26(31)22(13-18)33-4/h5-10,13-14,17,24,29,31H,11-12H2,1-4H3/t17-,24+/m0/s1. The molecule has 0 aromatic heterocycles. The Bertz CT molecular complexity index is 1200. The van der Waals surface area contributed by atoms with Crippen molar-refractivity contribution < 1.29 is 24.2 Å². The number of esters is 1. The average Bonchev–Trinajstić information content (AvgIpc) is 2.79. The van der Waals surface area contributed by atoms with Crippen molar-refractivity contribution in [2.75, 3.05) is 7.11 Å². The third-order valence-electron chi connectivity index (χ3n) is 6.27. The molecule has 2 aromatic carbocycles. The van der Waals surface area contributed by atoms with Gasteiger partial charge in [-0.3, -0.25) is 4.79 Å². The van der Waals surface area contributed by atoms with Crippen molar-refractivity contribution in [3.63, 3.8) is 0 Å². The number of hydrogen-bond donors (Lipinski definition) is 2. The number of rotatable bonds is 5. The highest BCUT2D eigenvalue weighted by atomic mass is 35.5. The number of carbonyl (C=O) groups is 2. The zero-order chi connectivity index (χ0) is 24.6. The molecule has 0 fully saturated rings. The lowest BCUT2D eigenvalue weighted by Crippen LogP contribution is -2.36. The highest BCUT2D eigenvalue weighted by molar-refractivity contribution is 6.32. The van der Waals surface area contributed by atoms with Gasteiger partial charge in [0.15, 0.2) is 17.3 Å². The van der Waals surface area contributed by atoms with E-state index in [1.54, 1.807) is 26.0 Å². The van der Waals surface area contributed by atoms with Gasteiger partial charge in [-0.1, -0.05) is 41.9 Å². The molecule has 1 heterocycles. The summed E-state index contributed by atoms with van der Waals surface area (Å²) in [6, 6.07) is 13.1. The molecule has 0 amide bonds. The number of allylic oxidation sites excluding steroid dienone is 3.